The Morgan fingerprint density at radius 1 is 1.24 bits per heavy atom. The van der Waals surface area contributed by atoms with E-state index < -0.39 is 34.8 Å². The number of carbonyl (C=O) groups is 1. The average molecular weight is 305 g/mol. The van der Waals surface area contributed by atoms with Crippen LogP contribution in [0.2, 0.25) is 0 Å². The SMILES string of the molecule is O=NC1(c2cc(OC(F)(F)F)ccc2F)CCCCC1=O. The Balaban J connectivity index is 2.48. The van der Waals surface area contributed by atoms with Gasteiger partial charge < -0.3 is 4.74 Å². The van der Waals surface area contributed by atoms with Crippen molar-refractivity contribution in [2.24, 2.45) is 5.18 Å². The van der Waals surface area contributed by atoms with E-state index in [9.17, 15) is 27.3 Å². The first-order chi connectivity index (χ1) is 9.78. The van der Waals surface area contributed by atoms with Gasteiger partial charge in [-0.15, -0.1) is 18.1 Å². The van der Waals surface area contributed by atoms with Crippen molar-refractivity contribution in [2.75, 3.05) is 0 Å². The maximum atomic E-state index is 13.9. The van der Waals surface area contributed by atoms with Gasteiger partial charge in [0, 0.05) is 12.0 Å². The predicted molar refractivity (Wildman–Crippen MR) is 64.0 cm³/mol. The summed E-state index contributed by atoms with van der Waals surface area (Å²) in [6.45, 7) is 0. The molecule has 2 rings (SSSR count). The second-order valence-electron chi connectivity index (χ2n) is 4.77. The molecule has 1 aliphatic carbocycles. The molecule has 0 aliphatic heterocycles. The van der Waals surface area contributed by atoms with Gasteiger partial charge in [-0.3, -0.25) is 4.79 Å². The number of halogens is 4. The summed E-state index contributed by atoms with van der Waals surface area (Å²) in [6.07, 6.45) is -3.94. The third kappa shape index (κ3) is 3.03. The number of nitroso groups, excluding NO2 is 1. The molecule has 0 aromatic heterocycles. The van der Waals surface area contributed by atoms with E-state index in [1.165, 1.54) is 0 Å². The summed E-state index contributed by atoms with van der Waals surface area (Å²) in [4.78, 5) is 23.1. The normalized spacial score (nSPS) is 23.0. The molecule has 4 nitrogen and oxygen atoms in total. The third-order valence-corrected chi connectivity index (χ3v) is 3.43. The zero-order valence-electron chi connectivity index (χ0n) is 10.7. The first kappa shape index (κ1) is 15.4. The van der Waals surface area contributed by atoms with Gasteiger partial charge in [0.15, 0.2) is 11.3 Å². The number of nitrogens with zero attached hydrogens (tertiary/aromatic N) is 1. The van der Waals surface area contributed by atoms with Crippen molar-refractivity contribution in [1.82, 2.24) is 0 Å². The minimum atomic E-state index is -4.95. The van der Waals surface area contributed by atoms with Crippen molar-refractivity contribution >= 4 is 5.78 Å². The van der Waals surface area contributed by atoms with Crippen LogP contribution in [0.3, 0.4) is 0 Å². The molecule has 21 heavy (non-hydrogen) atoms. The Morgan fingerprint density at radius 2 is 1.95 bits per heavy atom. The van der Waals surface area contributed by atoms with Crippen molar-refractivity contribution in [1.29, 1.82) is 0 Å². The zero-order chi connectivity index (χ0) is 15.7. The summed E-state index contributed by atoms with van der Waals surface area (Å²) in [5.41, 5.74) is -2.43. The van der Waals surface area contributed by atoms with Crippen LogP contribution in [0.5, 0.6) is 5.75 Å². The molecule has 1 unspecified atom stereocenters. The van der Waals surface area contributed by atoms with Crippen LogP contribution < -0.4 is 4.74 Å². The van der Waals surface area contributed by atoms with Gasteiger partial charge in [-0.2, -0.15) is 0 Å². The second-order valence-corrected chi connectivity index (χ2v) is 4.77. The van der Waals surface area contributed by atoms with Crippen LogP contribution in [0.25, 0.3) is 0 Å². The molecule has 0 bridgehead atoms. The van der Waals surface area contributed by atoms with E-state index in [2.05, 4.69) is 9.91 Å². The Kier molecular flexibility index (Phi) is 3.97. The van der Waals surface area contributed by atoms with E-state index >= 15 is 0 Å². The summed E-state index contributed by atoms with van der Waals surface area (Å²) in [5.74, 6) is -2.24. The largest absolute Gasteiger partial charge is 0.573 e. The van der Waals surface area contributed by atoms with Gasteiger partial charge in [0.1, 0.15) is 11.6 Å². The Hall–Kier alpha value is -1.99. The van der Waals surface area contributed by atoms with E-state index in [1.807, 2.05) is 0 Å². The summed E-state index contributed by atoms with van der Waals surface area (Å²) < 4.78 is 54.2. The lowest BCUT2D eigenvalue weighted by atomic mass is 9.76. The molecule has 1 atom stereocenters. The molecule has 1 fully saturated rings. The lowest BCUT2D eigenvalue weighted by molar-refractivity contribution is -0.274. The van der Waals surface area contributed by atoms with Crippen molar-refractivity contribution < 1.29 is 27.1 Å². The number of ketones is 1. The summed E-state index contributed by atoms with van der Waals surface area (Å²) in [5, 5.41) is 2.75. The van der Waals surface area contributed by atoms with Crippen LogP contribution in [0.4, 0.5) is 17.6 Å². The van der Waals surface area contributed by atoms with E-state index in [0.717, 1.165) is 12.1 Å². The fraction of sp³-hybridized carbons (Fsp3) is 0.462. The first-order valence-corrected chi connectivity index (χ1v) is 6.22. The molecule has 0 saturated heterocycles. The van der Waals surface area contributed by atoms with Gasteiger partial charge in [0.25, 0.3) is 0 Å². The molecular weight excluding hydrogens is 294 g/mol. The van der Waals surface area contributed by atoms with Crippen LogP contribution in [0, 0.1) is 10.7 Å². The summed E-state index contributed by atoms with van der Waals surface area (Å²) in [7, 11) is 0. The van der Waals surface area contributed by atoms with Crippen LogP contribution in [0.1, 0.15) is 31.2 Å². The quantitative estimate of drug-likeness (QED) is 0.630. The molecule has 0 N–H and O–H groups in total. The van der Waals surface area contributed by atoms with Gasteiger partial charge in [0.05, 0.1) is 0 Å². The third-order valence-electron chi connectivity index (χ3n) is 3.43. The van der Waals surface area contributed by atoms with Gasteiger partial charge in [0.2, 0.25) is 0 Å². The lowest BCUT2D eigenvalue weighted by Crippen LogP contribution is -2.37. The van der Waals surface area contributed by atoms with Gasteiger partial charge in [-0.25, -0.2) is 4.39 Å². The first-order valence-electron chi connectivity index (χ1n) is 6.22. The Labute approximate surface area is 117 Å². The van der Waals surface area contributed by atoms with Gasteiger partial charge in [-0.05, 0) is 37.5 Å². The minimum Gasteiger partial charge on any atom is -0.406 e. The Bertz CT molecular complexity index is 573. The molecule has 0 amide bonds. The number of Topliss-reactive ketones (excluding diaryl/α,β-unsaturated/α-hetero) is 1. The van der Waals surface area contributed by atoms with Gasteiger partial charge >= 0.3 is 6.36 Å². The van der Waals surface area contributed by atoms with Crippen LogP contribution in [-0.2, 0) is 10.3 Å². The van der Waals surface area contributed by atoms with Crippen molar-refractivity contribution in [3.8, 4) is 5.75 Å². The molecule has 114 valence electrons. The van der Waals surface area contributed by atoms with E-state index in [-0.39, 0.29) is 12.8 Å². The van der Waals surface area contributed by atoms with Crippen molar-refractivity contribution in [3.63, 3.8) is 0 Å². The molecule has 0 spiro atoms. The highest BCUT2D eigenvalue weighted by Crippen LogP contribution is 2.40. The standard InChI is InChI=1S/C13H11F4NO3/c14-10-5-4-8(21-13(15,16)17)7-9(10)12(18-20)6-2-1-3-11(12)19/h4-5,7H,1-3,6H2. The number of hydrogen-bond donors (Lipinski definition) is 0. The van der Waals surface area contributed by atoms with Crippen LogP contribution in [0.15, 0.2) is 23.4 Å². The molecule has 8 heteroatoms. The molecule has 1 aromatic rings. The highest BCUT2D eigenvalue weighted by molar-refractivity contribution is 5.90. The number of ether oxygens (including phenoxy) is 1. The maximum Gasteiger partial charge on any atom is 0.573 e. The Morgan fingerprint density at radius 3 is 2.52 bits per heavy atom. The van der Waals surface area contributed by atoms with Crippen LogP contribution >= 0.6 is 0 Å². The number of alkyl halides is 3. The van der Waals surface area contributed by atoms with E-state index in [4.69, 9.17) is 0 Å². The molecule has 1 saturated carbocycles. The van der Waals surface area contributed by atoms with Gasteiger partial charge in [-0.1, -0.05) is 5.18 Å². The fourth-order valence-electron chi connectivity index (χ4n) is 2.46. The minimum absolute atomic E-state index is 0.0261. The monoisotopic (exact) mass is 305 g/mol. The predicted octanol–water partition coefficient (Wildman–Crippen LogP) is 3.83. The van der Waals surface area contributed by atoms with Crippen LogP contribution in [-0.4, -0.2) is 12.1 Å². The maximum absolute atomic E-state index is 13.9. The zero-order valence-corrected chi connectivity index (χ0v) is 10.7. The molecule has 1 aliphatic rings. The summed E-state index contributed by atoms with van der Waals surface area (Å²) in [6, 6.07) is 2.22. The number of benzene rings is 1. The van der Waals surface area contributed by atoms with E-state index in [1.54, 1.807) is 0 Å². The topological polar surface area (TPSA) is 55.7 Å². The highest BCUT2D eigenvalue weighted by Gasteiger charge is 2.45. The smallest absolute Gasteiger partial charge is 0.406 e. The number of rotatable bonds is 3. The fourth-order valence-corrected chi connectivity index (χ4v) is 2.46. The molecule has 0 radical (unpaired) electrons. The molecule has 1 aromatic carbocycles. The molecule has 0 heterocycles. The van der Waals surface area contributed by atoms with Crippen molar-refractivity contribution in [3.05, 3.63) is 34.5 Å². The molecular formula is C13H11F4NO3. The lowest BCUT2D eigenvalue weighted by Gasteiger charge is -2.29. The summed E-state index contributed by atoms with van der Waals surface area (Å²) >= 11 is 0. The van der Waals surface area contributed by atoms with Crippen molar-refractivity contribution in [2.45, 2.75) is 37.6 Å². The second kappa shape index (κ2) is 5.42. The average Bonchev–Trinajstić information content (AvgIpc) is 2.40. The highest BCUT2D eigenvalue weighted by atomic mass is 19.4. The number of hydrogen-bond acceptors (Lipinski definition) is 4. The van der Waals surface area contributed by atoms with E-state index in [0.29, 0.717) is 18.9 Å². The number of carbonyl (C=O) groups excluding carboxylic acids is 1.